The summed E-state index contributed by atoms with van der Waals surface area (Å²) in [5.74, 6) is 0.497. The molecule has 0 aromatic carbocycles. The minimum atomic E-state index is -0.409. The second-order valence-electron chi connectivity index (χ2n) is 7.29. The topological polar surface area (TPSA) is 137 Å². The first-order valence-corrected chi connectivity index (χ1v) is 9.32. The number of aromatic amines is 1. The zero-order valence-electron chi connectivity index (χ0n) is 15.8. The molecule has 0 atom stereocenters. The molecule has 3 aromatic heterocycles. The summed E-state index contributed by atoms with van der Waals surface area (Å²) >= 11 is 0. The van der Waals surface area contributed by atoms with Gasteiger partial charge in [-0.3, -0.25) is 10.1 Å². The maximum absolute atomic E-state index is 12.4. The third-order valence-corrected chi connectivity index (χ3v) is 5.63. The van der Waals surface area contributed by atoms with Gasteiger partial charge in [-0.05, 0) is 32.0 Å². The Morgan fingerprint density at radius 3 is 2.97 bits per heavy atom. The van der Waals surface area contributed by atoms with Crippen LogP contribution in [0.1, 0.15) is 18.5 Å². The molecule has 0 radical (unpaired) electrons. The number of carbonyl (C=O) groups excluding carboxylic acids is 1. The molecule has 0 saturated carbocycles. The van der Waals surface area contributed by atoms with Gasteiger partial charge in [-0.2, -0.15) is 10.4 Å². The predicted octanol–water partition coefficient (Wildman–Crippen LogP) is 1.13. The van der Waals surface area contributed by atoms with Gasteiger partial charge in [-0.25, -0.2) is 19.8 Å². The van der Waals surface area contributed by atoms with E-state index in [-0.39, 0.29) is 0 Å². The normalized spacial score (nSPS) is 18.2. The molecule has 2 aliphatic heterocycles. The van der Waals surface area contributed by atoms with E-state index in [1.807, 2.05) is 6.07 Å². The first kappa shape index (κ1) is 17.4. The average molecular weight is 393 g/mol. The van der Waals surface area contributed by atoms with E-state index >= 15 is 0 Å². The Hall–Kier alpha value is -3.65. The quantitative estimate of drug-likeness (QED) is 0.602. The number of hydrogen-bond donors (Lipinski definition) is 3. The third-order valence-electron chi connectivity index (χ3n) is 5.63. The molecule has 2 saturated heterocycles. The van der Waals surface area contributed by atoms with Crippen molar-refractivity contribution >= 4 is 22.9 Å². The molecule has 1 amide bonds. The minimum absolute atomic E-state index is 0.355. The number of ether oxygens (including phenoxy) is 1. The van der Waals surface area contributed by atoms with Crippen molar-refractivity contribution in [3.63, 3.8) is 0 Å². The highest BCUT2D eigenvalue weighted by molar-refractivity contribution is 5.92. The lowest BCUT2D eigenvalue weighted by Crippen LogP contribution is -2.55. The summed E-state index contributed by atoms with van der Waals surface area (Å²) < 4.78 is 6.87. The molecule has 2 aliphatic rings. The number of aromatic nitrogens is 5. The molecule has 3 aromatic rings. The van der Waals surface area contributed by atoms with Gasteiger partial charge in [-0.15, -0.1) is 0 Å². The fourth-order valence-corrected chi connectivity index (χ4v) is 3.99. The van der Waals surface area contributed by atoms with Crippen LogP contribution in [-0.2, 0) is 11.8 Å². The maximum atomic E-state index is 12.4. The highest BCUT2D eigenvalue weighted by Gasteiger charge is 2.48. The SMILES string of the molecule is Cn1ncc(-c2cc3c(NN4C(=O)OCC45CCNCC5)ncnc3[nH]2)c1C#N. The fraction of sp³-hybridized carbons (Fsp3) is 0.389. The Kier molecular flexibility index (Phi) is 3.88. The number of H-pyrrole nitrogens is 1. The van der Waals surface area contributed by atoms with Crippen molar-refractivity contribution in [2.45, 2.75) is 18.4 Å². The Morgan fingerprint density at radius 2 is 2.17 bits per heavy atom. The zero-order valence-corrected chi connectivity index (χ0v) is 15.8. The van der Waals surface area contributed by atoms with Gasteiger partial charge in [0.05, 0.1) is 22.8 Å². The highest BCUT2D eigenvalue weighted by atomic mass is 16.6. The number of anilines is 1. The lowest BCUT2D eigenvalue weighted by Gasteiger charge is -2.38. The molecule has 148 valence electrons. The summed E-state index contributed by atoms with van der Waals surface area (Å²) in [5.41, 5.74) is 5.19. The summed E-state index contributed by atoms with van der Waals surface area (Å²) in [6, 6.07) is 4.01. The van der Waals surface area contributed by atoms with Crippen molar-refractivity contribution in [1.29, 1.82) is 5.26 Å². The number of aryl methyl sites for hydroxylation is 1. The zero-order chi connectivity index (χ0) is 20.0. The van der Waals surface area contributed by atoms with E-state index < -0.39 is 11.6 Å². The van der Waals surface area contributed by atoms with E-state index in [0.29, 0.717) is 40.4 Å². The molecule has 3 N–H and O–H groups in total. The number of hydrogen-bond acceptors (Lipinski definition) is 8. The smallest absolute Gasteiger partial charge is 0.429 e. The van der Waals surface area contributed by atoms with Crippen molar-refractivity contribution in [1.82, 2.24) is 35.1 Å². The molecule has 11 nitrogen and oxygen atoms in total. The van der Waals surface area contributed by atoms with Gasteiger partial charge in [-0.1, -0.05) is 0 Å². The van der Waals surface area contributed by atoms with Gasteiger partial charge in [0.2, 0.25) is 0 Å². The van der Waals surface area contributed by atoms with Gasteiger partial charge in [0.25, 0.3) is 0 Å². The molecule has 0 aliphatic carbocycles. The largest absolute Gasteiger partial charge is 0.446 e. The number of nitrogens with one attached hydrogen (secondary N) is 3. The van der Waals surface area contributed by atoms with Gasteiger partial charge >= 0.3 is 6.09 Å². The molecule has 0 bridgehead atoms. The Labute approximate surface area is 165 Å². The van der Waals surface area contributed by atoms with E-state index in [1.165, 1.54) is 11.0 Å². The molecule has 29 heavy (non-hydrogen) atoms. The first-order chi connectivity index (χ1) is 14.1. The van der Waals surface area contributed by atoms with Crippen LogP contribution in [0.2, 0.25) is 0 Å². The van der Waals surface area contributed by atoms with Crippen LogP contribution >= 0.6 is 0 Å². The van der Waals surface area contributed by atoms with Crippen LogP contribution in [0.4, 0.5) is 10.6 Å². The molecule has 0 unspecified atom stereocenters. The number of carbonyl (C=O) groups is 1. The minimum Gasteiger partial charge on any atom is -0.446 e. The van der Waals surface area contributed by atoms with E-state index in [4.69, 9.17) is 4.74 Å². The number of nitriles is 1. The van der Waals surface area contributed by atoms with Gasteiger partial charge in [0, 0.05) is 7.05 Å². The van der Waals surface area contributed by atoms with Crippen LogP contribution in [0.5, 0.6) is 0 Å². The lowest BCUT2D eigenvalue weighted by atomic mass is 9.89. The van der Waals surface area contributed by atoms with E-state index in [2.05, 4.69) is 36.9 Å². The molecule has 5 heterocycles. The predicted molar refractivity (Wildman–Crippen MR) is 102 cm³/mol. The number of rotatable bonds is 3. The van der Waals surface area contributed by atoms with Crippen molar-refractivity contribution in [2.75, 3.05) is 25.1 Å². The molecule has 1 spiro atoms. The van der Waals surface area contributed by atoms with E-state index in [1.54, 1.807) is 18.3 Å². The van der Waals surface area contributed by atoms with Crippen molar-refractivity contribution in [2.24, 2.45) is 7.05 Å². The van der Waals surface area contributed by atoms with E-state index in [0.717, 1.165) is 25.9 Å². The van der Waals surface area contributed by atoms with Crippen LogP contribution < -0.4 is 10.7 Å². The third kappa shape index (κ3) is 2.68. The number of piperidine rings is 1. The molecule has 2 fully saturated rings. The Bertz CT molecular complexity index is 1140. The summed E-state index contributed by atoms with van der Waals surface area (Å²) in [5, 5.41) is 19.1. The van der Waals surface area contributed by atoms with Crippen molar-refractivity contribution < 1.29 is 9.53 Å². The molecular formula is C18H19N9O2. The summed E-state index contributed by atoms with van der Waals surface area (Å²) in [4.78, 5) is 24.3. The summed E-state index contributed by atoms with van der Waals surface area (Å²) in [6.45, 7) is 1.99. The number of nitrogens with zero attached hydrogens (tertiary/aromatic N) is 6. The summed E-state index contributed by atoms with van der Waals surface area (Å²) in [7, 11) is 1.72. The Balaban J connectivity index is 1.53. The number of amides is 1. The van der Waals surface area contributed by atoms with Crippen LogP contribution in [0.25, 0.3) is 22.3 Å². The van der Waals surface area contributed by atoms with Crippen molar-refractivity contribution in [3.8, 4) is 17.3 Å². The van der Waals surface area contributed by atoms with Gasteiger partial charge in [0.1, 0.15) is 35.9 Å². The molecular weight excluding hydrogens is 374 g/mol. The highest BCUT2D eigenvalue weighted by Crippen LogP contribution is 2.34. The standard InChI is InChI=1S/C18H19N9O2/c1-26-14(7-19)12(8-23-26)13-6-11-15(24-13)21-10-22-16(11)25-27-17(28)29-9-18(27)2-4-20-5-3-18/h6,8,10,20H,2-5,9H2,1H3,(H2,21,22,24,25). The van der Waals surface area contributed by atoms with Crippen LogP contribution in [0.3, 0.4) is 0 Å². The monoisotopic (exact) mass is 393 g/mol. The Morgan fingerprint density at radius 1 is 1.34 bits per heavy atom. The maximum Gasteiger partial charge on any atom is 0.429 e. The van der Waals surface area contributed by atoms with Crippen LogP contribution in [0.15, 0.2) is 18.6 Å². The average Bonchev–Trinajstić information content (AvgIpc) is 3.41. The second-order valence-corrected chi connectivity index (χ2v) is 7.29. The number of fused-ring (bicyclic) bond motifs is 1. The van der Waals surface area contributed by atoms with Gasteiger partial charge in [0.15, 0.2) is 5.82 Å². The lowest BCUT2D eigenvalue weighted by molar-refractivity contribution is 0.146. The second kappa shape index (κ2) is 6.46. The molecule has 5 rings (SSSR count). The summed E-state index contributed by atoms with van der Waals surface area (Å²) in [6.07, 6.45) is 4.23. The van der Waals surface area contributed by atoms with Crippen LogP contribution in [0, 0.1) is 11.3 Å². The van der Waals surface area contributed by atoms with Crippen molar-refractivity contribution in [3.05, 3.63) is 24.3 Å². The molecule has 11 heteroatoms. The first-order valence-electron chi connectivity index (χ1n) is 9.32. The van der Waals surface area contributed by atoms with Gasteiger partial charge < -0.3 is 15.0 Å². The van der Waals surface area contributed by atoms with E-state index in [9.17, 15) is 10.1 Å². The number of cyclic esters (lactones) is 1. The fourth-order valence-electron chi connectivity index (χ4n) is 3.99. The number of hydrazine groups is 1. The van der Waals surface area contributed by atoms with Crippen LogP contribution in [-0.4, -0.2) is 61.1 Å².